The summed E-state index contributed by atoms with van der Waals surface area (Å²) in [5, 5.41) is 29.7. The molecule has 1 unspecified atom stereocenters. The SMILES string of the molecule is CN(CN1C(=O)C(=O)c2cc([N+](=O)[O-])ccc21)[NH+]([O-])O. The number of nitrogens with zero attached hydrogens (tertiary/aromatic N) is 3. The number of benzene rings is 1. The number of ketones is 1. The van der Waals surface area contributed by atoms with E-state index in [0.717, 1.165) is 22.0 Å². The van der Waals surface area contributed by atoms with E-state index in [9.17, 15) is 24.9 Å². The molecule has 2 rings (SSSR count). The summed E-state index contributed by atoms with van der Waals surface area (Å²) < 4.78 is 0. The molecular formula is C10H10N4O6. The normalized spacial score (nSPS) is 15.7. The van der Waals surface area contributed by atoms with E-state index < -0.39 is 21.9 Å². The maximum atomic E-state index is 11.8. The number of non-ortho nitro benzene ring substituents is 1. The van der Waals surface area contributed by atoms with Gasteiger partial charge in [0.1, 0.15) is 6.67 Å². The highest BCUT2D eigenvalue weighted by Gasteiger charge is 2.38. The van der Waals surface area contributed by atoms with Gasteiger partial charge >= 0.3 is 5.91 Å². The van der Waals surface area contributed by atoms with Gasteiger partial charge in [0.25, 0.3) is 11.5 Å². The molecule has 1 aromatic carbocycles. The van der Waals surface area contributed by atoms with Crippen molar-refractivity contribution in [3.8, 4) is 0 Å². The highest BCUT2D eigenvalue weighted by molar-refractivity contribution is 6.52. The molecule has 0 aliphatic carbocycles. The molecule has 106 valence electrons. The quantitative estimate of drug-likeness (QED) is 0.398. The van der Waals surface area contributed by atoms with Crippen LogP contribution in [0.15, 0.2) is 18.2 Å². The van der Waals surface area contributed by atoms with E-state index >= 15 is 0 Å². The number of Topliss-reactive ketones (excluding diaryl/α,β-unsaturated/α-hetero) is 1. The Hall–Kier alpha value is -2.40. The largest absolute Gasteiger partial charge is 0.579 e. The first-order valence-electron chi connectivity index (χ1n) is 5.41. The van der Waals surface area contributed by atoms with Crippen LogP contribution in [0.4, 0.5) is 11.4 Å². The highest BCUT2D eigenvalue weighted by Crippen LogP contribution is 2.31. The third-order valence-electron chi connectivity index (χ3n) is 2.85. The predicted molar refractivity (Wildman–Crippen MR) is 63.7 cm³/mol. The minimum absolute atomic E-state index is 0.0945. The average Bonchev–Trinajstić information content (AvgIpc) is 2.63. The topological polar surface area (TPSA) is 131 Å². The van der Waals surface area contributed by atoms with Crippen LogP contribution in [0.5, 0.6) is 0 Å². The third-order valence-corrected chi connectivity index (χ3v) is 2.85. The number of nitro benzene ring substituents is 1. The predicted octanol–water partition coefficient (Wildman–Crippen LogP) is -1.30. The first kappa shape index (κ1) is 14.0. The summed E-state index contributed by atoms with van der Waals surface area (Å²) in [5.41, 5.74) is -0.236. The second-order valence-electron chi connectivity index (χ2n) is 4.14. The maximum Gasteiger partial charge on any atom is 0.300 e. The Kier molecular flexibility index (Phi) is 3.46. The summed E-state index contributed by atoms with van der Waals surface area (Å²) in [6.45, 7) is -0.329. The van der Waals surface area contributed by atoms with E-state index in [4.69, 9.17) is 5.21 Å². The lowest BCUT2D eigenvalue weighted by Crippen LogP contribution is -3.11. The molecule has 1 aromatic rings. The van der Waals surface area contributed by atoms with E-state index in [1.165, 1.54) is 13.1 Å². The van der Waals surface area contributed by atoms with Crippen LogP contribution in [-0.2, 0) is 4.79 Å². The van der Waals surface area contributed by atoms with Crippen LogP contribution >= 0.6 is 0 Å². The van der Waals surface area contributed by atoms with Gasteiger partial charge < -0.3 is 5.21 Å². The smallest absolute Gasteiger partial charge is 0.300 e. The molecule has 1 amide bonds. The van der Waals surface area contributed by atoms with Gasteiger partial charge in [0.2, 0.25) is 0 Å². The molecule has 1 atom stereocenters. The maximum absolute atomic E-state index is 11.8. The van der Waals surface area contributed by atoms with Crippen LogP contribution in [0, 0.1) is 15.3 Å². The molecular weight excluding hydrogens is 272 g/mol. The molecule has 0 saturated carbocycles. The van der Waals surface area contributed by atoms with E-state index in [2.05, 4.69) is 0 Å². The highest BCUT2D eigenvalue weighted by atomic mass is 16.8. The number of rotatable bonds is 4. The van der Waals surface area contributed by atoms with E-state index in [-0.39, 0.29) is 23.6 Å². The van der Waals surface area contributed by atoms with Crippen LogP contribution in [-0.4, -0.2) is 40.5 Å². The van der Waals surface area contributed by atoms with E-state index in [1.807, 2.05) is 0 Å². The Balaban J connectivity index is 2.38. The molecule has 0 aromatic heterocycles. The Morgan fingerprint density at radius 1 is 1.45 bits per heavy atom. The van der Waals surface area contributed by atoms with Crippen molar-refractivity contribution < 1.29 is 25.1 Å². The van der Waals surface area contributed by atoms with Crippen molar-refractivity contribution in [2.45, 2.75) is 0 Å². The lowest BCUT2D eigenvalue weighted by molar-refractivity contribution is -1.14. The molecule has 1 aliphatic heterocycles. The van der Waals surface area contributed by atoms with Gasteiger partial charge in [0, 0.05) is 19.2 Å². The fourth-order valence-corrected chi connectivity index (χ4v) is 1.82. The van der Waals surface area contributed by atoms with Crippen molar-refractivity contribution >= 4 is 23.1 Å². The van der Waals surface area contributed by atoms with Crippen molar-refractivity contribution in [2.75, 3.05) is 18.6 Å². The summed E-state index contributed by atoms with van der Waals surface area (Å²) in [6.07, 6.45) is 0. The third kappa shape index (κ3) is 2.23. The summed E-state index contributed by atoms with van der Waals surface area (Å²) in [7, 11) is 1.24. The Morgan fingerprint density at radius 2 is 2.10 bits per heavy atom. The molecule has 1 heterocycles. The zero-order chi connectivity index (χ0) is 15.0. The minimum Gasteiger partial charge on any atom is -0.579 e. The van der Waals surface area contributed by atoms with Crippen LogP contribution < -0.4 is 10.2 Å². The molecule has 0 spiro atoms. The summed E-state index contributed by atoms with van der Waals surface area (Å²) in [4.78, 5) is 34.5. The lowest BCUT2D eigenvalue weighted by Gasteiger charge is -2.27. The van der Waals surface area contributed by atoms with Gasteiger partial charge in [-0.1, -0.05) is 0 Å². The van der Waals surface area contributed by atoms with Crippen molar-refractivity contribution in [3.05, 3.63) is 39.1 Å². The molecule has 0 saturated heterocycles. The molecule has 0 radical (unpaired) electrons. The monoisotopic (exact) mass is 282 g/mol. The van der Waals surface area contributed by atoms with Crippen molar-refractivity contribution in [3.63, 3.8) is 0 Å². The molecule has 0 bridgehead atoms. The van der Waals surface area contributed by atoms with Gasteiger partial charge in [0.05, 0.1) is 16.2 Å². The first-order valence-corrected chi connectivity index (χ1v) is 5.41. The van der Waals surface area contributed by atoms with Gasteiger partial charge in [-0.2, -0.15) is 5.21 Å². The summed E-state index contributed by atoms with van der Waals surface area (Å²) in [6, 6.07) is 3.42. The van der Waals surface area contributed by atoms with Gasteiger partial charge in [-0.05, 0) is 6.07 Å². The van der Waals surface area contributed by atoms with Gasteiger partial charge in [-0.15, -0.1) is 10.3 Å². The molecule has 10 heteroatoms. The number of hydrogen-bond donors (Lipinski definition) is 2. The number of nitrogens with one attached hydrogen (secondary N) is 1. The van der Waals surface area contributed by atoms with E-state index in [0.29, 0.717) is 0 Å². The lowest BCUT2D eigenvalue weighted by atomic mass is 10.1. The van der Waals surface area contributed by atoms with Gasteiger partial charge in [0.15, 0.2) is 0 Å². The fourth-order valence-electron chi connectivity index (χ4n) is 1.82. The number of amides is 1. The molecule has 10 nitrogen and oxygen atoms in total. The number of fused-ring (bicyclic) bond motifs is 1. The molecule has 2 N–H and O–H groups in total. The standard InChI is InChI=1S/C10H10N4O6/c1-11(14(19)20)5-12-8-3-2-6(13(17)18)4-7(8)9(15)10(12)16/h2-4,14,19H,5H2,1H3. The van der Waals surface area contributed by atoms with Crippen molar-refractivity contribution in [1.29, 1.82) is 0 Å². The first-order chi connectivity index (χ1) is 9.32. The fraction of sp³-hybridized carbons (Fsp3) is 0.200. The van der Waals surface area contributed by atoms with Crippen LogP contribution in [0.2, 0.25) is 0 Å². The summed E-state index contributed by atoms with van der Waals surface area (Å²) in [5.74, 6) is -1.80. The van der Waals surface area contributed by atoms with Gasteiger partial charge in [-0.3, -0.25) is 24.6 Å². The summed E-state index contributed by atoms with van der Waals surface area (Å²) >= 11 is 0. The van der Waals surface area contributed by atoms with Crippen molar-refractivity contribution in [2.24, 2.45) is 0 Å². The Morgan fingerprint density at radius 3 is 2.65 bits per heavy atom. The zero-order valence-corrected chi connectivity index (χ0v) is 10.3. The minimum atomic E-state index is -1.26. The van der Waals surface area contributed by atoms with Crippen LogP contribution in [0.1, 0.15) is 10.4 Å². The Bertz CT molecular complexity index is 601. The zero-order valence-electron chi connectivity index (χ0n) is 10.3. The average molecular weight is 282 g/mol. The van der Waals surface area contributed by atoms with Gasteiger partial charge in [-0.25, -0.2) is 0 Å². The van der Waals surface area contributed by atoms with Crippen LogP contribution in [0.25, 0.3) is 0 Å². The van der Waals surface area contributed by atoms with Crippen molar-refractivity contribution in [1.82, 2.24) is 5.01 Å². The number of carbonyl (C=O) groups excluding carboxylic acids is 2. The number of nitro groups is 1. The number of quaternary nitrogens is 1. The number of hydrogen-bond acceptors (Lipinski definition) is 7. The molecule has 20 heavy (non-hydrogen) atoms. The second-order valence-corrected chi connectivity index (χ2v) is 4.14. The number of carbonyl (C=O) groups is 2. The molecule has 0 fully saturated rings. The second kappa shape index (κ2) is 4.94. The number of anilines is 1. The Labute approximate surface area is 112 Å². The van der Waals surface area contributed by atoms with Crippen LogP contribution in [0.3, 0.4) is 0 Å². The molecule has 1 aliphatic rings. The van der Waals surface area contributed by atoms with E-state index in [1.54, 1.807) is 0 Å².